The number of ketones is 1. The van der Waals surface area contributed by atoms with Gasteiger partial charge in [0.25, 0.3) is 0 Å². The van der Waals surface area contributed by atoms with E-state index in [9.17, 15) is 14.9 Å². The molecule has 0 amide bonds. The largest absolute Gasteiger partial charge is 0.433 e. The van der Waals surface area contributed by atoms with Crippen LogP contribution in [0.1, 0.15) is 27.7 Å². The molecular weight excluding hydrogens is 390 g/mol. The monoisotopic (exact) mass is 405 g/mol. The van der Waals surface area contributed by atoms with Crippen molar-refractivity contribution in [3.63, 3.8) is 0 Å². The van der Waals surface area contributed by atoms with Gasteiger partial charge < -0.3 is 15.1 Å². The summed E-state index contributed by atoms with van der Waals surface area (Å²) in [5.41, 5.74) is 2.15. The molecule has 0 radical (unpaired) electrons. The number of carbonyl (C=O) groups is 1. The molecule has 2 heterocycles. The van der Waals surface area contributed by atoms with Crippen LogP contribution in [-0.4, -0.2) is 15.8 Å². The van der Waals surface area contributed by atoms with Gasteiger partial charge in [0.15, 0.2) is 10.9 Å². The lowest BCUT2D eigenvalue weighted by molar-refractivity contribution is -0.402. The highest BCUT2D eigenvalue weighted by molar-refractivity contribution is 7.80. The van der Waals surface area contributed by atoms with Crippen molar-refractivity contribution < 1.29 is 14.1 Å². The van der Waals surface area contributed by atoms with Gasteiger partial charge in [0, 0.05) is 5.56 Å². The minimum Gasteiger partial charge on any atom is -0.403 e. The van der Waals surface area contributed by atoms with Crippen molar-refractivity contribution in [2.75, 3.05) is 0 Å². The topological polar surface area (TPSA) is 97.4 Å². The van der Waals surface area contributed by atoms with Crippen LogP contribution in [0.4, 0.5) is 5.88 Å². The van der Waals surface area contributed by atoms with Gasteiger partial charge in [0.1, 0.15) is 16.7 Å². The first-order valence-corrected chi connectivity index (χ1v) is 9.16. The van der Waals surface area contributed by atoms with E-state index >= 15 is 0 Å². The molecule has 0 saturated carbocycles. The number of furan rings is 1. The van der Waals surface area contributed by atoms with Gasteiger partial charge in [-0.05, 0) is 23.8 Å². The van der Waals surface area contributed by atoms with Crippen LogP contribution in [0.25, 0.3) is 5.70 Å². The Hall–Kier alpha value is -3.78. The number of nitrogens with one attached hydrogen (secondary N) is 2. The second kappa shape index (κ2) is 7.69. The third-order valence-corrected chi connectivity index (χ3v) is 4.71. The molecule has 1 atom stereocenters. The van der Waals surface area contributed by atoms with Crippen LogP contribution in [0.3, 0.4) is 0 Å². The first kappa shape index (κ1) is 18.6. The third kappa shape index (κ3) is 3.65. The van der Waals surface area contributed by atoms with E-state index in [1.54, 1.807) is 24.3 Å². The summed E-state index contributed by atoms with van der Waals surface area (Å²) in [5.74, 6) is -0.414. The molecular formula is C21H15N3O4S. The SMILES string of the molecule is O=C(C1=C(c2ccccc2)NC(=S)N[C@H]1c1ccc([N+](=O)[O-])o1)c1ccccc1. The van der Waals surface area contributed by atoms with E-state index in [-0.39, 0.29) is 16.7 Å². The van der Waals surface area contributed by atoms with E-state index in [4.69, 9.17) is 16.6 Å². The summed E-state index contributed by atoms with van der Waals surface area (Å²) in [4.78, 5) is 23.9. The first-order valence-electron chi connectivity index (χ1n) is 8.75. The van der Waals surface area contributed by atoms with Crippen molar-refractivity contribution in [3.05, 3.63) is 105 Å². The van der Waals surface area contributed by atoms with Crippen molar-refractivity contribution in [2.24, 2.45) is 0 Å². The van der Waals surface area contributed by atoms with E-state index in [0.29, 0.717) is 16.8 Å². The van der Waals surface area contributed by atoms with Crippen LogP contribution >= 0.6 is 12.2 Å². The second-order valence-electron chi connectivity index (χ2n) is 6.31. The lowest BCUT2D eigenvalue weighted by Gasteiger charge is -2.30. The minimum atomic E-state index is -0.777. The van der Waals surface area contributed by atoms with E-state index in [1.165, 1.54) is 12.1 Å². The molecule has 8 heteroatoms. The molecule has 0 spiro atoms. The Kier molecular flexibility index (Phi) is 4.92. The average Bonchev–Trinajstić information content (AvgIpc) is 3.24. The van der Waals surface area contributed by atoms with Gasteiger partial charge in [-0.3, -0.25) is 14.9 Å². The lowest BCUT2D eigenvalue weighted by atomic mass is 9.90. The predicted molar refractivity (Wildman–Crippen MR) is 111 cm³/mol. The number of nitro groups is 1. The predicted octanol–water partition coefficient (Wildman–Crippen LogP) is 4.00. The highest BCUT2D eigenvalue weighted by atomic mass is 32.1. The summed E-state index contributed by atoms with van der Waals surface area (Å²) in [6.07, 6.45) is 0. The Morgan fingerprint density at radius 3 is 2.28 bits per heavy atom. The molecule has 2 aromatic carbocycles. The summed E-state index contributed by atoms with van der Waals surface area (Å²) in [6.45, 7) is 0. The molecule has 29 heavy (non-hydrogen) atoms. The first-order chi connectivity index (χ1) is 14.0. The van der Waals surface area contributed by atoms with Gasteiger partial charge in [-0.2, -0.15) is 0 Å². The number of rotatable bonds is 5. The fourth-order valence-electron chi connectivity index (χ4n) is 3.20. The van der Waals surface area contributed by atoms with Crippen molar-refractivity contribution in [1.29, 1.82) is 0 Å². The number of hydrogen-bond donors (Lipinski definition) is 2. The molecule has 1 aliphatic heterocycles. The summed E-state index contributed by atoms with van der Waals surface area (Å²) in [6, 6.07) is 20.1. The highest BCUT2D eigenvalue weighted by Crippen LogP contribution is 2.35. The van der Waals surface area contributed by atoms with Crippen molar-refractivity contribution in [3.8, 4) is 0 Å². The Balaban J connectivity index is 1.91. The van der Waals surface area contributed by atoms with Gasteiger partial charge >= 0.3 is 5.88 Å². The smallest absolute Gasteiger partial charge is 0.403 e. The molecule has 1 aromatic heterocycles. The van der Waals surface area contributed by atoms with E-state index < -0.39 is 16.8 Å². The third-order valence-electron chi connectivity index (χ3n) is 4.49. The molecule has 144 valence electrons. The molecule has 1 aliphatic rings. The summed E-state index contributed by atoms with van der Waals surface area (Å²) in [5, 5.41) is 17.4. The van der Waals surface area contributed by atoms with E-state index in [2.05, 4.69) is 10.6 Å². The molecule has 0 unspecified atom stereocenters. The van der Waals surface area contributed by atoms with Crippen molar-refractivity contribution in [2.45, 2.75) is 6.04 Å². The molecule has 4 rings (SSSR count). The van der Waals surface area contributed by atoms with Crippen molar-refractivity contribution in [1.82, 2.24) is 10.6 Å². The molecule has 0 aliphatic carbocycles. The van der Waals surface area contributed by atoms with Crippen LogP contribution in [0, 0.1) is 10.1 Å². The molecule has 0 fully saturated rings. The van der Waals surface area contributed by atoms with E-state index in [1.807, 2.05) is 36.4 Å². The van der Waals surface area contributed by atoms with Crippen LogP contribution in [-0.2, 0) is 0 Å². The molecule has 0 saturated heterocycles. The number of thiocarbonyl (C=S) groups is 1. The van der Waals surface area contributed by atoms with Crippen LogP contribution in [0.2, 0.25) is 0 Å². The Labute approximate surface area is 171 Å². The lowest BCUT2D eigenvalue weighted by Crippen LogP contribution is -2.44. The quantitative estimate of drug-likeness (QED) is 0.287. The number of benzene rings is 2. The zero-order chi connectivity index (χ0) is 20.4. The van der Waals surface area contributed by atoms with Crippen LogP contribution in [0.15, 0.2) is 82.8 Å². The fourth-order valence-corrected chi connectivity index (χ4v) is 3.42. The zero-order valence-electron chi connectivity index (χ0n) is 15.0. The minimum absolute atomic E-state index is 0.230. The number of carbonyl (C=O) groups excluding carboxylic acids is 1. The molecule has 0 bridgehead atoms. The maximum atomic E-state index is 13.5. The normalized spacial score (nSPS) is 16.1. The number of Topliss-reactive ketones (excluding diaryl/α,β-unsaturated/α-hetero) is 1. The molecule has 2 N–H and O–H groups in total. The zero-order valence-corrected chi connectivity index (χ0v) is 15.8. The Bertz CT molecular complexity index is 1120. The van der Waals surface area contributed by atoms with Gasteiger partial charge in [-0.25, -0.2) is 0 Å². The number of hydrogen-bond acceptors (Lipinski definition) is 5. The Morgan fingerprint density at radius 2 is 1.66 bits per heavy atom. The summed E-state index contributed by atoms with van der Waals surface area (Å²) in [7, 11) is 0. The van der Waals surface area contributed by atoms with E-state index in [0.717, 1.165) is 5.56 Å². The van der Waals surface area contributed by atoms with Gasteiger partial charge in [-0.15, -0.1) is 0 Å². The number of nitrogens with zero attached hydrogens (tertiary/aromatic N) is 1. The van der Waals surface area contributed by atoms with Gasteiger partial charge in [-0.1, -0.05) is 60.7 Å². The standard InChI is InChI=1S/C21H15N3O4S/c25-20(14-9-5-2-6-10-14)17-18(13-7-3-1-4-8-13)22-21(29)23-19(17)15-11-12-16(28-15)24(26)27/h1-12,19H,(H2,22,23,29)/t19-/m0/s1. The van der Waals surface area contributed by atoms with Crippen LogP contribution in [0.5, 0.6) is 0 Å². The second-order valence-corrected chi connectivity index (χ2v) is 6.72. The Morgan fingerprint density at radius 1 is 1.00 bits per heavy atom. The summed E-state index contributed by atoms with van der Waals surface area (Å²) >= 11 is 5.33. The maximum absolute atomic E-state index is 13.5. The highest BCUT2D eigenvalue weighted by Gasteiger charge is 2.35. The van der Waals surface area contributed by atoms with Gasteiger partial charge in [0.05, 0.1) is 17.3 Å². The fraction of sp³-hybridized carbons (Fsp3) is 0.0476. The maximum Gasteiger partial charge on any atom is 0.433 e. The average molecular weight is 405 g/mol. The molecule has 3 aromatic rings. The van der Waals surface area contributed by atoms with Crippen LogP contribution < -0.4 is 10.6 Å². The summed E-state index contributed by atoms with van der Waals surface area (Å²) < 4.78 is 5.40. The molecule has 7 nitrogen and oxygen atoms in total. The van der Waals surface area contributed by atoms with Crippen molar-refractivity contribution >= 4 is 34.7 Å². The van der Waals surface area contributed by atoms with Gasteiger partial charge in [0.2, 0.25) is 0 Å².